The largest absolute Gasteiger partial charge is 0.387 e. The first-order valence-corrected chi connectivity index (χ1v) is 28.4. The van der Waals surface area contributed by atoms with Crippen LogP contribution in [0.3, 0.4) is 0 Å². The molecule has 10 aromatic carbocycles. The van der Waals surface area contributed by atoms with Crippen molar-refractivity contribution in [3.8, 4) is 11.1 Å². The van der Waals surface area contributed by atoms with Crippen LogP contribution in [0.1, 0.15) is 133 Å². The minimum atomic E-state index is -1.01. The van der Waals surface area contributed by atoms with E-state index in [0.29, 0.717) is 44.5 Å². The summed E-state index contributed by atoms with van der Waals surface area (Å²) in [4.78, 5) is 51.0. The zero-order chi connectivity index (χ0) is 57.2. The van der Waals surface area contributed by atoms with Crippen molar-refractivity contribution in [1.82, 2.24) is 0 Å². The Hall–Kier alpha value is -6.66. The quantitative estimate of drug-likeness (QED) is 0.132. The molecule has 12 rings (SSSR count). The Morgan fingerprint density at radius 1 is 0.308 bits per heavy atom. The maximum absolute atomic E-state index is 13.3. The van der Waals surface area contributed by atoms with Gasteiger partial charge in [0, 0.05) is 57.9 Å². The van der Waals surface area contributed by atoms with Gasteiger partial charge in [-0.15, -0.1) is 0 Å². The number of benzene rings is 10. The van der Waals surface area contributed by atoms with Crippen molar-refractivity contribution in [3.05, 3.63) is 240 Å². The van der Waals surface area contributed by atoms with Crippen molar-refractivity contribution in [2.75, 3.05) is 0 Å². The molecule has 394 valence electrons. The second-order valence-electron chi connectivity index (χ2n) is 18.6. The summed E-state index contributed by atoms with van der Waals surface area (Å²) in [6.07, 6.45) is 0. The summed E-state index contributed by atoms with van der Waals surface area (Å²) < 4.78 is 2.33. The van der Waals surface area contributed by atoms with E-state index in [1.807, 2.05) is 96.1 Å². The van der Waals surface area contributed by atoms with Gasteiger partial charge in [-0.2, -0.15) is 0 Å². The van der Waals surface area contributed by atoms with Crippen molar-refractivity contribution in [2.24, 2.45) is 0 Å². The van der Waals surface area contributed by atoms with Crippen LogP contribution in [0.2, 0.25) is 0 Å². The van der Waals surface area contributed by atoms with E-state index in [1.54, 1.807) is 94.4 Å². The minimum Gasteiger partial charge on any atom is -0.387 e. The highest BCUT2D eigenvalue weighted by Crippen LogP contribution is 2.41. The predicted molar refractivity (Wildman–Crippen MR) is 337 cm³/mol. The molecule has 0 fully saturated rings. The molecule has 2 aliphatic rings. The molecule has 2 N–H and O–H groups in total. The first-order chi connectivity index (χ1) is 37.3. The Morgan fingerprint density at radius 3 is 0.974 bits per heavy atom. The molecular weight excluding hydrogens is 1160 g/mol. The van der Waals surface area contributed by atoms with Gasteiger partial charge >= 0.3 is 0 Å². The fourth-order valence-corrected chi connectivity index (χ4v) is 10.0. The summed E-state index contributed by atoms with van der Waals surface area (Å²) in [7, 11) is 6.02. The smallest absolute Gasteiger partial charge is 0.194 e. The molecular formula is C68H62BBr3O6. The first kappa shape index (κ1) is 60.6. The topological polar surface area (TPSA) is 109 Å². The van der Waals surface area contributed by atoms with Gasteiger partial charge in [0.05, 0.1) is 11.2 Å². The molecule has 0 unspecified atom stereocenters. The van der Waals surface area contributed by atoms with E-state index in [1.165, 1.54) is 21.5 Å². The molecule has 0 heterocycles. The van der Waals surface area contributed by atoms with Gasteiger partial charge in [0.25, 0.3) is 0 Å². The Bertz CT molecular complexity index is 3800. The number of halogens is 3. The van der Waals surface area contributed by atoms with E-state index >= 15 is 0 Å². The number of carbonyl (C=O) groups excluding carboxylic acids is 4. The van der Waals surface area contributed by atoms with Gasteiger partial charge in [-0.1, -0.05) is 215 Å². The Labute approximate surface area is 484 Å². The fraction of sp³-hybridized carbons (Fsp3) is 0.176. The molecule has 0 saturated carbocycles. The number of hydrogen-bond acceptors (Lipinski definition) is 6. The number of carbonyl (C=O) groups is 4. The maximum Gasteiger partial charge on any atom is 0.194 e. The van der Waals surface area contributed by atoms with Gasteiger partial charge in [0.1, 0.15) is 7.85 Å². The van der Waals surface area contributed by atoms with Crippen LogP contribution in [0.5, 0.6) is 0 Å². The van der Waals surface area contributed by atoms with Gasteiger partial charge in [-0.05, 0) is 144 Å². The Balaban J connectivity index is 0.000000179. The molecule has 2 aliphatic carbocycles. The lowest BCUT2D eigenvalue weighted by Gasteiger charge is -2.31. The number of ketones is 4. The summed E-state index contributed by atoms with van der Waals surface area (Å²) in [6, 6.07) is 58.4. The highest BCUT2D eigenvalue weighted by atomic mass is 79.9. The average Bonchev–Trinajstić information content (AvgIpc) is 3.55. The van der Waals surface area contributed by atoms with Gasteiger partial charge in [-0.3, -0.25) is 19.2 Å². The van der Waals surface area contributed by atoms with E-state index < -0.39 is 11.2 Å². The monoisotopic (exact) mass is 1220 g/mol. The zero-order valence-electron chi connectivity index (χ0n) is 45.6. The maximum atomic E-state index is 13.3. The third-order valence-electron chi connectivity index (χ3n) is 13.3. The molecule has 10 aromatic rings. The summed E-state index contributed by atoms with van der Waals surface area (Å²) >= 11 is 10.4. The molecule has 0 spiro atoms. The van der Waals surface area contributed by atoms with E-state index in [2.05, 4.69) is 108 Å². The Kier molecular flexibility index (Phi) is 20.4. The van der Waals surface area contributed by atoms with E-state index in [-0.39, 0.29) is 23.1 Å². The first-order valence-electron chi connectivity index (χ1n) is 26.0. The number of rotatable bonds is 2. The summed E-state index contributed by atoms with van der Waals surface area (Å²) in [5.74, 6) is -0.424. The normalized spacial score (nSPS) is 11.9. The van der Waals surface area contributed by atoms with Crippen LogP contribution in [0.4, 0.5) is 0 Å². The lowest BCUT2D eigenvalue weighted by atomic mass is 9.82. The summed E-state index contributed by atoms with van der Waals surface area (Å²) in [5, 5.41) is 27.6. The van der Waals surface area contributed by atoms with Crippen molar-refractivity contribution in [3.63, 3.8) is 0 Å². The van der Waals surface area contributed by atoms with Crippen molar-refractivity contribution < 1.29 is 29.4 Å². The number of fused-ring (bicyclic) bond motifs is 10. The Morgan fingerprint density at radius 2 is 0.590 bits per heavy atom. The van der Waals surface area contributed by atoms with E-state index in [4.69, 9.17) is 18.1 Å². The SMILES string of the molecule is CC.CC.CC.CC(C)(O)C(C)(C)O.O=C1c2ccccc2C(=O)c2cc(-c3cc4ccccc4c4ccccc34)c(Br)cc21.O=C1c2ccccc2C(=O)c2cc(Br)c(Br)cc21.[B]c1cc2ccccc2c2ccccc12. The number of aliphatic hydroxyl groups is 2. The van der Waals surface area contributed by atoms with Crippen molar-refractivity contribution >= 4 is 127 Å². The molecule has 0 amide bonds. The summed E-state index contributed by atoms with van der Waals surface area (Å²) in [5.41, 5.74) is 4.47. The van der Waals surface area contributed by atoms with Crippen LogP contribution in [0.15, 0.2) is 195 Å². The third kappa shape index (κ3) is 12.6. The highest BCUT2D eigenvalue weighted by molar-refractivity contribution is 9.13. The van der Waals surface area contributed by atoms with Gasteiger partial charge < -0.3 is 10.2 Å². The molecule has 0 aromatic heterocycles. The van der Waals surface area contributed by atoms with Crippen LogP contribution in [0.25, 0.3) is 54.2 Å². The molecule has 2 radical (unpaired) electrons. The van der Waals surface area contributed by atoms with Crippen molar-refractivity contribution in [2.45, 2.75) is 80.4 Å². The average molecular weight is 1230 g/mol. The molecule has 10 heteroatoms. The highest BCUT2D eigenvalue weighted by Gasteiger charge is 2.33. The van der Waals surface area contributed by atoms with Crippen LogP contribution >= 0.6 is 47.8 Å². The van der Waals surface area contributed by atoms with Gasteiger partial charge in [0.2, 0.25) is 0 Å². The minimum absolute atomic E-state index is 0.103. The lowest BCUT2D eigenvalue weighted by Crippen LogP contribution is -2.44. The molecule has 0 saturated heterocycles. The summed E-state index contributed by atoms with van der Waals surface area (Å²) in [6.45, 7) is 18.3. The van der Waals surface area contributed by atoms with Gasteiger partial charge in [-0.25, -0.2) is 0 Å². The lowest BCUT2D eigenvalue weighted by molar-refractivity contribution is -0.107. The van der Waals surface area contributed by atoms with Crippen LogP contribution in [-0.2, 0) is 0 Å². The second-order valence-corrected chi connectivity index (χ2v) is 21.2. The third-order valence-corrected chi connectivity index (χ3v) is 15.8. The molecule has 0 atom stereocenters. The zero-order valence-corrected chi connectivity index (χ0v) is 50.3. The van der Waals surface area contributed by atoms with Crippen molar-refractivity contribution in [1.29, 1.82) is 0 Å². The van der Waals surface area contributed by atoms with E-state index in [0.717, 1.165) is 51.6 Å². The van der Waals surface area contributed by atoms with Crippen LogP contribution in [-0.4, -0.2) is 52.4 Å². The standard InChI is InChI=1S/C28H15BrO2.C14H9B.C14H6Br2O2.C6H14O2.3C2H6/c29-26-15-25-24(27(30)20-11-5-6-12-21(20)28(25)31)14-23(26)22-13-16-7-1-2-8-17(16)18-9-3-4-10-19(18)22;15-14-9-10-5-1-2-6-11(10)12-7-3-4-8-13(12)14;15-11-5-9-10(6-12(11)16)14(18)8-4-2-1-3-7(8)13(9)17;1-5(2,7)6(3,4)8;3*1-2/h1-15H;1-9H;1-6H;7-8H,1-4H3;3*1-2H3. The van der Waals surface area contributed by atoms with Gasteiger partial charge in [0.15, 0.2) is 23.1 Å². The van der Waals surface area contributed by atoms with E-state index in [9.17, 15) is 19.2 Å². The molecule has 78 heavy (non-hydrogen) atoms. The van der Waals surface area contributed by atoms with Crippen LogP contribution < -0.4 is 5.46 Å². The second kappa shape index (κ2) is 26.3. The molecule has 0 bridgehead atoms. The fourth-order valence-electron chi connectivity index (χ4n) is 8.78. The molecule has 0 aliphatic heterocycles. The molecule has 6 nitrogen and oxygen atoms in total. The number of hydrogen-bond donors (Lipinski definition) is 2. The predicted octanol–water partition coefficient (Wildman–Crippen LogP) is 17.6. The van der Waals surface area contributed by atoms with Crippen LogP contribution in [0, 0.1) is 0 Å².